The number of carbonyl (C=O) groups is 2. The van der Waals surface area contributed by atoms with Crippen molar-refractivity contribution in [1.82, 2.24) is 9.78 Å². The molecule has 3 rings (SSSR count). The summed E-state index contributed by atoms with van der Waals surface area (Å²) in [5, 5.41) is 10.9. The summed E-state index contributed by atoms with van der Waals surface area (Å²) in [5.41, 5.74) is 4.10. The predicted molar refractivity (Wildman–Crippen MR) is 120 cm³/mol. The summed E-state index contributed by atoms with van der Waals surface area (Å²) in [6.07, 6.45) is 2.12. The molecular weight excluding hydrogens is 400 g/mol. The second-order valence-corrected chi connectivity index (χ2v) is 7.55. The highest BCUT2D eigenvalue weighted by atomic mass is 35.5. The molecule has 0 saturated carbocycles. The fourth-order valence-corrected chi connectivity index (χ4v) is 3.22. The molecule has 0 aliphatic rings. The van der Waals surface area contributed by atoms with Crippen LogP contribution in [0.3, 0.4) is 0 Å². The van der Waals surface area contributed by atoms with Gasteiger partial charge in [0.2, 0.25) is 0 Å². The predicted octanol–water partition coefficient (Wildman–Crippen LogP) is 5.46. The molecule has 0 atom stereocenters. The van der Waals surface area contributed by atoms with Crippen LogP contribution in [0.1, 0.15) is 51.9 Å². The fourth-order valence-electron chi connectivity index (χ4n) is 3.10. The number of benzene rings is 2. The summed E-state index contributed by atoms with van der Waals surface area (Å²) < 4.78 is 1.93. The Labute approximate surface area is 181 Å². The van der Waals surface area contributed by atoms with Crippen LogP contribution in [0.2, 0.25) is 5.02 Å². The van der Waals surface area contributed by atoms with Crippen LogP contribution in [-0.2, 0) is 6.54 Å². The maximum atomic E-state index is 12.7. The fraction of sp³-hybridized carbons (Fsp3) is 0.261. The summed E-state index contributed by atoms with van der Waals surface area (Å²) >= 11 is 5.85. The molecule has 0 radical (unpaired) electrons. The van der Waals surface area contributed by atoms with Crippen LogP contribution in [0.25, 0.3) is 0 Å². The number of unbranched alkanes of at least 4 members (excludes halogenated alkanes) is 1. The van der Waals surface area contributed by atoms with Gasteiger partial charge < -0.3 is 10.6 Å². The Balaban J connectivity index is 1.66. The summed E-state index contributed by atoms with van der Waals surface area (Å²) in [5.74, 6) is -0.457. The monoisotopic (exact) mass is 424 g/mol. The Morgan fingerprint density at radius 2 is 1.50 bits per heavy atom. The molecule has 2 N–H and O–H groups in total. The van der Waals surface area contributed by atoms with E-state index in [0.29, 0.717) is 21.8 Å². The Bertz CT molecular complexity index is 1040. The molecule has 0 saturated heterocycles. The number of carbonyl (C=O) groups excluding carboxylic acids is 2. The van der Waals surface area contributed by atoms with Crippen LogP contribution in [0.5, 0.6) is 0 Å². The van der Waals surface area contributed by atoms with Crippen LogP contribution in [0.15, 0.2) is 48.5 Å². The van der Waals surface area contributed by atoms with Crippen LogP contribution < -0.4 is 10.6 Å². The minimum atomic E-state index is -0.241. The molecule has 0 unspecified atom stereocenters. The highest BCUT2D eigenvalue weighted by molar-refractivity contribution is 6.30. The molecule has 2 amide bonds. The maximum absolute atomic E-state index is 12.7. The summed E-state index contributed by atoms with van der Waals surface area (Å²) in [7, 11) is 0. The first-order chi connectivity index (χ1) is 14.4. The van der Waals surface area contributed by atoms with E-state index in [1.165, 1.54) is 0 Å². The number of rotatable bonds is 7. The largest absolute Gasteiger partial charge is 0.322 e. The van der Waals surface area contributed by atoms with Crippen molar-refractivity contribution >= 4 is 34.8 Å². The van der Waals surface area contributed by atoms with E-state index >= 15 is 0 Å². The molecule has 30 heavy (non-hydrogen) atoms. The first-order valence-electron chi connectivity index (χ1n) is 9.91. The topological polar surface area (TPSA) is 76.0 Å². The molecule has 0 fully saturated rings. The third kappa shape index (κ3) is 5.07. The number of aromatic nitrogens is 2. The second kappa shape index (κ2) is 9.59. The zero-order chi connectivity index (χ0) is 21.7. The van der Waals surface area contributed by atoms with E-state index in [9.17, 15) is 9.59 Å². The second-order valence-electron chi connectivity index (χ2n) is 7.12. The number of nitrogens with zero attached hydrogens (tertiary/aromatic N) is 2. The van der Waals surface area contributed by atoms with Crippen LogP contribution in [0, 0.1) is 13.8 Å². The number of amides is 2. The van der Waals surface area contributed by atoms with E-state index in [-0.39, 0.29) is 11.8 Å². The first-order valence-corrected chi connectivity index (χ1v) is 10.3. The van der Waals surface area contributed by atoms with Gasteiger partial charge >= 0.3 is 0 Å². The van der Waals surface area contributed by atoms with Crippen molar-refractivity contribution in [3.8, 4) is 0 Å². The lowest BCUT2D eigenvalue weighted by atomic mass is 10.1. The molecule has 0 bridgehead atoms. The Morgan fingerprint density at radius 3 is 2.10 bits per heavy atom. The number of aryl methyl sites for hydroxylation is 2. The minimum Gasteiger partial charge on any atom is -0.322 e. The van der Waals surface area contributed by atoms with Crippen molar-refractivity contribution in [1.29, 1.82) is 0 Å². The van der Waals surface area contributed by atoms with Crippen LogP contribution in [0.4, 0.5) is 11.4 Å². The number of hydrogen-bond donors (Lipinski definition) is 2. The molecule has 2 aromatic carbocycles. The molecule has 1 heterocycles. The van der Waals surface area contributed by atoms with Crippen molar-refractivity contribution in [2.75, 3.05) is 10.6 Å². The highest BCUT2D eigenvalue weighted by Gasteiger charge is 2.15. The number of hydrogen-bond acceptors (Lipinski definition) is 3. The zero-order valence-electron chi connectivity index (χ0n) is 17.3. The lowest BCUT2D eigenvalue weighted by Gasteiger charge is -2.09. The minimum absolute atomic E-state index is 0.216. The standard InChI is InChI=1S/C23H25ClN4O2/c1-4-5-14-28-16(3)21(15(2)27-28)26-23(30)18-8-12-20(13-9-18)25-22(29)17-6-10-19(24)11-7-17/h6-13H,4-5,14H2,1-3H3,(H,25,29)(H,26,30). The maximum Gasteiger partial charge on any atom is 0.255 e. The third-order valence-corrected chi connectivity index (χ3v) is 5.11. The lowest BCUT2D eigenvalue weighted by Crippen LogP contribution is -2.14. The van der Waals surface area contributed by atoms with E-state index in [4.69, 9.17) is 11.6 Å². The van der Waals surface area contributed by atoms with Gasteiger partial charge in [-0.1, -0.05) is 24.9 Å². The average molecular weight is 425 g/mol. The van der Waals surface area contributed by atoms with Crippen molar-refractivity contribution < 1.29 is 9.59 Å². The Morgan fingerprint density at radius 1 is 0.933 bits per heavy atom. The lowest BCUT2D eigenvalue weighted by molar-refractivity contribution is 0.102. The normalized spacial score (nSPS) is 10.7. The van der Waals surface area contributed by atoms with Gasteiger partial charge in [-0.15, -0.1) is 0 Å². The van der Waals surface area contributed by atoms with E-state index < -0.39 is 0 Å². The molecule has 156 valence electrons. The highest BCUT2D eigenvalue weighted by Crippen LogP contribution is 2.21. The van der Waals surface area contributed by atoms with Gasteiger partial charge in [-0.2, -0.15) is 5.10 Å². The molecule has 6 nitrogen and oxygen atoms in total. The van der Waals surface area contributed by atoms with Gasteiger partial charge in [-0.05, 0) is 68.8 Å². The van der Waals surface area contributed by atoms with Gasteiger partial charge in [0, 0.05) is 28.4 Å². The van der Waals surface area contributed by atoms with Gasteiger partial charge in [0.25, 0.3) is 11.8 Å². The number of halogens is 1. The Kier molecular flexibility index (Phi) is 6.90. The third-order valence-electron chi connectivity index (χ3n) is 4.85. The van der Waals surface area contributed by atoms with Crippen molar-refractivity contribution in [3.63, 3.8) is 0 Å². The first kappa shape index (κ1) is 21.6. The molecule has 1 aromatic heterocycles. The van der Waals surface area contributed by atoms with Gasteiger partial charge in [-0.3, -0.25) is 14.3 Å². The van der Waals surface area contributed by atoms with Gasteiger partial charge in [0.1, 0.15) is 0 Å². The van der Waals surface area contributed by atoms with Crippen molar-refractivity contribution in [3.05, 3.63) is 76.1 Å². The van der Waals surface area contributed by atoms with E-state index in [0.717, 1.165) is 36.5 Å². The SMILES string of the molecule is CCCCn1nc(C)c(NC(=O)c2ccc(NC(=O)c3ccc(Cl)cc3)cc2)c1C. The molecule has 3 aromatic rings. The van der Waals surface area contributed by atoms with E-state index in [2.05, 4.69) is 22.7 Å². The molecule has 0 aliphatic carbocycles. The quantitative estimate of drug-likeness (QED) is 0.528. The average Bonchev–Trinajstić information content (AvgIpc) is 3.00. The van der Waals surface area contributed by atoms with E-state index in [1.54, 1.807) is 48.5 Å². The summed E-state index contributed by atoms with van der Waals surface area (Å²) in [6, 6.07) is 13.4. The van der Waals surface area contributed by atoms with Crippen molar-refractivity contribution in [2.24, 2.45) is 0 Å². The summed E-state index contributed by atoms with van der Waals surface area (Å²) in [6.45, 7) is 6.82. The van der Waals surface area contributed by atoms with Gasteiger partial charge in [0.05, 0.1) is 17.1 Å². The van der Waals surface area contributed by atoms with E-state index in [1.807, 2.05) is 18.5 Å². The Hall–Kier alpha value is -3.12. The smallest absolute Gasteiger partial charge is 0.255 e. The molecule has 0 aliphatic heterocycles. The molecule has 7 heteroatoms. The van der Waals surface area contributed by atoms with Crippen LogP contribution in [-0.4, -0.2) is 21.6 Å². The van der Waals surface area contributed by atoms with Crippen molar-refractivity contribution in [2.45, 2.75) is 40.2 Å². The molecule has 0 spiro atoms. The molecular formula is C23H25ClN4O2. The summed E-state index contributed by atoms with van der Waals surface area (Å²) in [4.78, 5) is 25.0. The van der Waals surface area contributed by atoms with Crippen LogP contribution >= 0.6 is 11.6 Å². The number of anilines is 2. The number of nitrogens with one attached hydrogen (secondary N) is 2. The zero-order valence-corrected chi connectivity index (χ0v) is 18.1. The van der Waals surface area contributed by atoms with Gasteiger partial charge in [-0.25, -0.2) is 0 Å². The van der Waals surface area contributed by atoms with Gasteiger partial charge in [0.15, 0.2) is 0 Å².